The smallest absolute Gasteiger partial charge is 0.234 e. The van der Waals surface area contributed by atoms with Crippen LogP contribution in [0.4, 0.5) is 11.5 Å². The van der Waals surface area contributed by atoms with E-state index >= 15 is 0 Å². The van der Waals surface area contributed by atoms with Crippen molar-refractivity contribution >= 4 is 29.2 Å². The summed E-state index contributed by atoms with van der Waals surface area (Å²) in [6, 6.07) is 7.66. The first-order valence-electron chi connectivity index (χ1n) is 6.55. The van der Waals surface area contributed by atoms with E-state index in [1.54, 1.807) is 6.07 Å². The largest absolute Gasteiger partial charge is 0.384 e. The van der Waals surface area contributed by atoms with Crippen LogP contribution < -0.4 is 11.1 Å². The van der Waals surface area contributed by atoms with Gasteiger partial charge in [0, 0.05) is 17.4 Å². The summed E-state index contributed by atoms with van der Waals surface area (Å²) in [6.07, 6.45) is 0. The molecule has 1 heterocycles. The predicted octanol–water partition coefficient (Wildman–Crippen LogP) is 2.71. The molecule has 0 spiro atoms. The highest BCUT2D eigenvalue weighted by Crippen LogP contribution is 2.18. The van der Waals surface area contributed by atoms with Crippen LogP contribution >= 0.6 is 11.8 Å². The normalized spacial score (nSPS) is 10.4. The Morgan fingerprint density at radius 1 is 1.24 bits per heavy atom. The summed E-state index contributed by atoms with van der Waals surface area (Å²) in [5.41, 5.74) is 9.44. The topological polar surface area (TPSA) is 80.9 Å². The highest BCUT2D eigenvalue weighted by atomic mass is 32.2. The predicted molar refractivity (Wildman–Crippen MR) is 86.5 cm³/mol. The first kappa shape index (κ1) is 15.3. The van der Waals surface area contributed by atoms with Crippen molar-refractivity contribution in [1.29, 1.82) is 0 Å². The number of hydrogen-bond donors (Lipinski definition) is 2. The molecule has 110 valence electrons. The fourth-order valence-electron chi connectivity index (χ4n) is 1.82. The number of nitrogen functional groups attached to an aromatic ring is 1. The average molecular weight is 302 g/mol. The molecular weight excluding hydrogens is 284 g/mol. The minimum absolute atomic E-state index is 0.0858. The lowest BCUT2D eigenvalue weighted by Crippen LogP contribution is -2.15. The number of aromatic nitrogens is 2. The molecule has 1 aromatic heterocycles. The van der Waals surface area contributed by atoms with Gasteiger partial charge >= 0.3 is 0 Å². The summed E-state index contributed by atoms with van der Waals surface area (Å²) < 4.78 is 0. The van der Waals surface area contributed by atoms with Gasteiger partial charge in [0.05, 0.1) is 5.75 Å². The molecule has 21 heavy (non-hydrogen) atoms. The summed E-state index contributed by atoms with van der Waals surface area (Å²) in [5.74, 6) is 0.577. The number of benzene rings is 1. The molecule has 5 nitrogen and oxygen atoms in total. The summed E-state index contributed by atoms with van der Waals surface area (Å²) in [4.78, 5) is 20.3. The van der Waals surface area contributed by atoms with Crippen LogP contribution in [-0.2, 0) is 4.79 Å². The number of anilines is 2. The lowest BCUT2D eigenvalue weighted by atomic mass is 10.1. The number of amides is 1. The Bertz CT molecular complexity index is 652. The lowest BCUT2D eigenvalue weighted by molar-refractivity contribution is -0.113. The molecule has 3 N–H and O–H groups in total. The zero-order valence-corrected chi connectivity index (χ0v) is 13.1. The molecule has 0 fully saturated rings. The minimum atomic E-state index is -0.0858. The first-order chi connectivity index (χ1) is 9.94. The number of carbonyl (C=O) groups is 1. The Labute approximate surface area is 128 Å². The van der Waals surface area contributed by atoms with Crippen LogP contribution in [0.5, 0.6) is 0 Å². The number of nitrogens with zero attached hydrogens (tertiary/aromatic N) is 2. The third-order valence-corrected chi connectivity index (χ3v) is 3.70. The van der Waals surface area contributed by atoms with Crippen molar-refractivity contribution in [2.45, 2.75) is 25.9 Å². The van der Waals surface area contributed by atoms with Crippen LogP contribution in [-0.4, -0.2) is 21.6 Å². The van der Waals surface area contributed by atoms with Gasteiger partial charge in [-0.2, -0.15) is 0 Å². The van der Waals surface area contributed by atoms with Crippen molar-refractivity contribution < 1.29 is 4.79 Å². The maximum atomic E-state index is 12.0. The zero-order chi connectivity index (χ0) is 15.4. The SMILES string of the molecule is Cc1ccc(C)c(NC(=O)CSc2nc(C)cc(N)n2)c1. The lowest BCUT2D eigenvalue weighted by Gasteiger charge is -2.09. The molecule has 0 saturated heterocycles. The van der Waals surface area contributed by atoms with Gasteiger partial charge in [0.1, 0.15) is 5.82 Å². The molecule has 0 saturated carbocycles. The molecule has 0 radical (unpaired) electrons. The number of hydrogen-bond acceptors (Lipinski definition) is 5. The van der Waals surface area contributed by atoms with Gasteiger partial charge in [-0.3, -0.25) is 4.79 Å². The Kier molecular flexibility index (Phi) is 4.80. The fraction of sp³-hybridized carbons (Fsp3) is 0.267. The Hall–Kier alpha value is -2.08. The maximum Gasteiger partial charge on any atom is 0.234 e. The van der Waals surface area contributed by atoms with E-state index in [4.69, 9.17) is 5.73 Å². The van der Waals surface area contributed by atoms with Gasteiger partial charge in [0.15, 0.2) is 5.16 Å². The molecule has 0 aliphatic carbocycles. The summed E-state index contributed by atoms with van der Waals surface area (Å²) in [6.45, 7) is 5.80. The third-order valence-electron chi connectivity index (χ3n) is 2.85. The number of aryl methyl sites for hydroxylation is 3. The Morgan fingerprint density at radius 3 is 2.71 bits per heavy atom. The van der Waals surface area contributed by atoms with E-state index in [2.05, 4.69) is 15.3 Å². The molecule has 0 bridgehead atoms. The van der Waals surface area contributed by atoms with Crippen molar-refractivity contribution in [3.05, 3.63) is 41.1 Å². The van der Waals surface area contributed by atoms with E-state index < -0.39 is 0 Å². The molecule has 0 aliphatic rings. The second kappa shape index (κ2) is 6.58. The number of carbonyl (C=O) groups excluding carboxylic acids is 1. The molecule has 6 heteroatoms. The second-order valence-corrected chi connectivity index (χ2v) is 5.81. The van der Waals surface area contributed by atoms with Crippen LogP contribution in [0.25, 0.3) is 0 Å². The Morgan fingerprint density at radius 2 is 2.00 bits per heavy atom. The molecule has 0 unspecified atom stereocenters. The van der Waals surface area contributed by atoms with Gasteiger partial charge in [-0.25, -0.2) is 9.97 Å². The number of thioether (sulfide) groups is 1. The first-order valence-corrected chi connectivity index (χ1v) is 7.53. The molecule has 1 aromatic carbocycles. The van der Waals surface area contributed by atoms with E-state index in [0.29, 0.717) is 11.0 Å². The zero-order valence-electron chi connectivity index (χ0n) is 12.3. The van der Waals surface area contributed by atoms with Crippen molar-refractivity contribution in [3.63, 3.8) is 0 Å². The van der Waals surface area contributed by atoms with Crippen LogP contribution in [0.1, 0.15) is 16.8 Å². The number of rotatable bonds is 4. The van der Waals surface area contributed by atoms with Crippen molar-refractivity contribution in [3.8, 4) is 0 Å². The van der Waals surface area contributed by atoms with Gasteiger partial charge < -0.3 is 11.1 Å². The third kappa shape index (κ3) is 4.46. The average Bonchev–Trinajstić information content (AvgIpc) is 2.40. The molecular formula is C15H18N4OS. The van der Waals surface area contributed by atoms with Gasteiger partial charge in [0.2, 0.25) is 5.91 Å². The summed E-state index contributed by atoms with van der Waals surface area (Å²) >= 11 is 1.27. The van der Waals surface area contributed by atoms with Crippen molar-refractivity contribution in [1.82, 2.24) is 9.97 Å². The monoisotopic (exact) mass is 302 g/mol. The highest BCUT2D eigenvalue weighted by Gasteiger charge is 2.08. The minimum Gasteiger partial charge on any atom is -0.384 e. The van der Waals surface area contributed by atoms with E-state index in [1.165, 1.54) is 11.8 Å². The van der Waals surface area contributed by atoms with E-state index in [9.17, 15) is 4.79 Å². The van der Waals surface area contributed by atoms with Crippen LogP contribution in [0, 0.1) is 20.8 Å². The van der Waals surface area contributed by atoms with Gasteiger partial charge in [0.25, 0.3) is 0 Å². The second-order valence-electron chi connectivity index (χ2n) is 4.87. The van der Waals surface area contributed by atoms with E-state index in [1.807, 2.05) is 39.0 Å². The van der Waals surface area contributed by atoms with Gasteiger partial charge in [-0.15, -0.1) is 0 Å². The molecule has 1 amide bonds. The molecule has 0 atom stereocenters. The van der Waals surface area contributed by atoms with Gasteiger partial charge in [-0.05, 0) is 38.0 Å². The van der Waals surface area contributed by atoms with E-state index in [-0.39, 0.29) is 11.7 Å². The van der Waals surface area contributed by atoms with E-state index in [0.717, 1.165) is 22.5 Å². The molecule has 2 rings (SSSR count). The molecule has 0 aliphatic heterocycles. The maximum absolute atomic E-state index is 12.0. The standard InChI is InChI=1S/C15H18N4OS/c1-9-4-5-10(2)12(6-9)18-14(20)8-21-15-17-11(3)7-13(16)19-15/h4-7H,8H2,1-3H3,(H,18,20)(H2,16,17,19). The van der Waals surface area contributed by atoms with Crippen LogP contribution in [0.3, 0.4) is 0 Å². The van der Waals surface area contributed by atoms with Crippen molar-refractivity contribution in [2.75, 3.05) is 16.8 Å². The van der Waals surface area contributed by atoms with Crippen LogP contribution in [0.15, 0.2) is 29.4 Å². The van der Waals surface area contributed by atoms with Crippen LogP contribution in [0.2, 0.25) is 0 Å². The molecule has 2 aromatic rings. The quantitative estimate of drug-likeness (QED) is 0.670. The highest BCUT2D eigenvalue weighted by molar-refractivity contribution is 7.99. The number of nitrogens with two attached hydrogens (primary N) is 1. The Balaban J connectivity index is 1.97. The fourth-order valence-corrected chi connectivity index (χ4v) is 2.53. The van der Waals surface area contributed by atoms with Crippen molar-refractivity contribution in [2.24, 2.45) is 0 Å². The van der Waals surface area contributed by atoms with Gasteiger partial charge in [-0.1, -0.05) is 23.9 Å². The number of nitrogens with one attached hydrogen (secondary N) is 1. The summed E-state index contributed by atoms with van der Waals surface area (Å²) in [5, 5.41) is 3.42. The summed E-state index contributed by atoms with van der Waals surface area (Å²) in [7, 11) is 0.